The number of anilines is 1. The zero-order chi connectivity index (χ0) is 12.0. The molecule has 0 amide bonds. The van der Waals surface area contributed by atoms with Crippen LogP contribution in [0.4, 0.5) is 5.69 Å². The van der Waals surface area contributed by atoms with Gasteiger partial charge in [0.05, 0.1) is 22.5 Å². The van der Waals surface area contributed by atoms with Crippen molar-refractivity contribution in [2.24, 2.45) is 0 Å². The number of pyridine rings is 1. The molecule has 0 aromatic carbocycles. The second kappa shape index (κ2) is 3.31. The van der Waals surface area contributed by atoms with Gasteiger partial charge < -0.3 is 10.3 Å². The van der Waals surface area contributed by atoms with Crippen LogP contribution in [0.2, 0.25) is 0 Å². The number of hydrogen-bond acceptors (Lipinski definition) is 5. The molecule has 0 saturated heterocycles. The quantitative estimate of drug-likeness (QED) is 0.663. The zero-order valence-corrected chi connectivity index (χ0v) is 9.48. The van der Waals surface area contributed by atoms with Crippen molar-refractivity contribution in [3.05, 3.63) is 23.6 Å². The number of aryl methyl sites for hydroxylation is 2. The van der Waals surface area contributed by atoms with Crippen LogP contribution in [0.3, 0.4) is 0 Å². The van der Waals surface area contributed by atoms with Gasteiger partial charge in [-0.15, -0.1) is 0 Å². The third-order valence-electron chi connectivity index (χ3n) is 2.66. The molecule has 0 aliphatic carbocycles. The summed E-state index contributed by atoms with van der Waals surface area (Å²) in [5.41, 5.74) is 9.37. The number of nitrogen functional groups attached to an aromatic ring is 1. The molecule has 3 aromatic rings. The van der Waals surface area contributed by atoms with Crippen LogP contribution >= 0.6 is 0 Å². The number of H-pyrrole nitrogens is 1. The Morgan fingerprint density at radius 1 is 1.29 bits per heavy atom. The summed E-state index contributed by atoms with van der Waals surface area (Å²) in [5.74, 6) is 0.746. The number of fused-ring (bicyclic) bond motifs is 1. The highest BCUT2D eigenvalue weighted by atomic mass is 16.5. The van der Waals surface area contributed by atoms with Gasteiger partial charge >= 0.3 is 0 Å². The van der Waals surface area contributed by atoms with E-state index < -0.39 is 0 Å². The number of aromatic amines is 1. The molecule has 3 aromatic heterocycles. The number of rotatable bonds is 1. The van der Waals surface area contributed by atoms with Gasteiger partial charge in [-0.3, -0.25) is 5.10 Å². The average Bonchev–Trinajstić information content (AvgIpc) is 2.86. The molecule has 6 nitrogen and oxygen atoms in total. The van der Waals surface area contributed by atoms with Crippen LogP contribution in [0.15, 0.2) is 16.7 Å². The summed E-state index contributed by atoms with van der Waals surface area (Å²) in [6, 6.07) is 3.68. The third kappa shape index (κ3) is 1.45. The van der Waals surface area contributed by atoms with E-state index in [-0.39, 0.29) is 0 Å². The second-order valence-corrected chi connectivity index (χ2v) is 3.96. The highest BCUT2D eigenvalue weighted by Crippen LogP contribution is 2.27. The minimum absolute atomic E-state index is 0.632. The fourth-order valence-electron chi connectivity index (χ4n) is 1.73. The van der Waals surface area contributed by atoms with Crippen LogP contribution in [-0.2, 0) is 0 Å². The number of nitrogens with two attached hydrogens (primary N) is 1. The smallest absolute Gasteiger partial charge is 0.181 e. The van der Waals surface area contributed by atoms with Crippen LogP contribution in [0.25, 0.3) is 22.4 Å². The normalized spacial score (nSPS) is 11.2. The van der Waals surface area contributed by atoms with Crippen molar-refractivity contribution in [1.29, 1.82) is 0 Å². The third-order valence-corrected chi connectivity index (χ3v) is 2.66. The summed E-state index contributed by atoms with van der Waals surface area (Å²) in [6.45, 7) is 3.69. The summed E-state index contributed by atoms with van der Waals surface area (Å²) < 4.78 is 5.04. The van der Waals surface area contributed by atoms with E-state index in [4.69, 9.17) is 10.3 Å². The van der Waals surface area contributed by atoms with Gasteiger partial charge in [-0.05, 0) is 19.9 Å². The van der Waals surface area contributed by atoms with Gasteiger partial charge in [0.1, 0.15) is 11.5 Å². The van der Waals surface area contributed by atoms with Gasteiger partial charge in [-0.1, -0.05) is 5.16 Å². The minimum Gasteiger partial charge on any atom is -0.397 e. The van der Waals surface area contributed by atoms with Crippen LogP contribution in [0.1, 0.15) is 11.5 Å². The van der Waals surface area contributed by atoms with Gasteiger partial charge in [0.2, 0.25) is 0 Å². The fourth-order valence-corrected chi connectivity index (χ4v) is 1.73. The van der Waals surface area contributed by atoms with Gasteiger partial charge in [-0.2, -0.15) is 5.10 Å². The largest absolute Gasteiger partial charge is 0.397 e. The van der Waals surface area contributed by atoms with Crippen molar-refractivity contribution in [2.45, 2.75) is 13.8 Å². The summed E-state index contributed by atoms with van der Waals surface area (Å²) in [4.78, 5) is 4.30. The maximum absolute atomic E-state index is 5.85. The Morgan fingerprint density at radius 2 is 2.12 bits per heavy atom. The second-order valence-electron chi connectivity index (χ2n) is 3.96. The molecule has 3 N–H and O–H groups in total. The van der Waals surface area contributed by atoms with E-state index in [0.717, 1.165) is 22.5 Å². The molecule has 86 valence electrons. The van der Waals surface area contributed by atoms with Crippen LogP contribution < -0.4 is 5.73 Å². The summed E-state index contributed by atoms with van der Waals surface area (Å²) in [7, 11) is 0. The van der Waals surface area contributed by atoms with Crippen molar-refractivity contribution in [2.75, 3.05) is 5.73 Å². The molecule has 0 unspecified atom stereocenters. The number of nitrogens with one attached hydrogen (secondary N) is 1. The number of hydrogen-bond donors (Lipinski definition) is 2. The maximum Gasteiger partial charge on any atom is 0.181 e. The molecule has 3 rings (SSSR count). The topological polar surface area (TPSA) is 93.6 Å². The Morgan fingerprint density at radius 3 is 2.82 bits per heavy atom. The lowest BCUT2D eigenvalue weighted by molar-refractivity contribution is 0.399. The molecule has 3 heterocycles. The predicted molar refractivity (Wildman–Crippen MR) is 63.3 cm³/mol. The first kappa shape index (κ1) is 9.83. The standard InChI is InChI=1S/C11H11N5O/c1-5-3-9(16-17-5)10-7-4-8(12)6(2)13-11(7)15-14-10/h3-4H,12H2,1-2H3,(H,13,14,15). The zero-order valence-electron chi connectivity index (χ0n) is 9.48. The first-order chi connectivity index (χ1) is 8.15. The molecule has 17 heavy (non-hydrogen) atoms. The summed E-state index contributed by atoms with van der Waals surface area (Å²) in [6.07, 6.45) is 0. The summed E-state index contributed by atoms with van der Waals surface area (Å²) in [5, 5.41) is 11.8. The van der Waals surface area contributed by atoms with E-state index in [2.05, 4.69) is 20.3 Å². The molecule has 0 spiro atoms. The molecule has 0 aliphatic heterocycles. The van der Waals surface area contributed by atoms with Crippen molar-refractivity contribution >= 4 is 16.7 Å². The Kier molecular flexibility index (Phi) is 1.91. The lowest BCUT2D eigenvalue weighted by atomic mass is 10.2. The van der Waals surface area contributed by atoms with Crippen molar-refractivity contribution in [1.82, 2.24) is 20.3 Å². The lowest BCUT2D eigenvalue weighted by Gasteiger charge is -1.98. The minimum atomic E-state index is 0.632. The molecule has 0 radical (unpaired) electrons. The monoisotopic (exact) mass is 229 g/mol. The first-order valence-corrected chi connectivity index (χ1v) is 5.20. The average molecular weight is 229 g/mol. The van der Waals surface area contributed by atoms with Crippen LogP contribution in [-0.4, -0.2) is 20.3 Å². The van der Waals surface area contributed by atoms with Gasteiger partial charge in [0.15, 0.2) is 5.65 Å². The predicted octanol–water partition coefficient (Wildman–Crippen LogP) is 1.81. The first-order valence-electron chi connectivity index (χ1n) is 5.20. The maximum atomic E-state index is 5.85. The van der Waals surface area contributed by atoms with Gasteiger partial charge in [-0.25, -0.2) is 4.98 Å². The van der Waals surface area contributed by atoms with Crippen molar-refractivity contribution in [3.8, 4) is 11.4 Å². The van der Waals surface area contributed by atoms with Crippen LogP contribution in [0.5, 0.6) is 0 Å². The molecular weight excluding hydrogens is 218 g/mol. The molecule has 0 aliphatic rings. The molecule has 6 heteroatoms. The van der Waals surface area contributed by atoms with Gasteiger partial charge in [0.25, 0.3) is 0 Å². The number of aromatic nitrogens is 4. The Labute approximate surface area is 96.8 Å². The fraction of sp³-hybridized carbons (Fsp3) is 0.182. The Balaban J connectivity index is 2.27. The Hall–Kier alpha value is -2.37. The lowest BCUT2D eigenvalue weighted by Crippen LogP contribution is -1.92. The van der Waals surface area contributed by atoms with Gasteiger partial charge in [0, 0.05) is 6.07 Å². The molecule has 0 bridgehead atoms. The van der Waals surface area contributed by atoms with E-state index in [1.807, 2.05) is 26.0 Å². The highest BCUT2D eigenvalue weighted by molar-refractivity contribution is 5.91. The van der Waals surface area contributed by atoms with E-state index in [1.165, 1.54) is 0 Å². The molecule has 0 saturated carbocycles. The van der Waals surface area contributed by atoms with Crippen LogP contribution in [0, 0.1) is 13.8 Å². The van der Waals surface area contributed by atoms with Crippen molar-refractivity contribution < 1.29 is 4.52 Å². The summed E-state index contributed by atoms with van der Waals surface area (Å²) >= 11 is 0. The van der Waals surface area contributed by atoms with Crippen molar-refractivity contribution in [3.63, 3.8) is 0 Å². The Bertz CT molecular complexity index is 697. The van der Waals surface area contributed by atoms with E-state index >= 15 is 0 Å². The molecular formula is C11H11N5O. The van der Waals surface area contributed by atoms with E-state index in [1.54, 1.807) is 0 Å². The molecule has 0 atom stereocenters. The van der Waals surface area contributed by atoms with E-state index in [0.29, 0.717) is 17.0 Å². The number of nitrogens with zero attached hydrogens (tertiary/aromatic N) is 3. The molecule has 0 fully saturated rings. The highest BCUT2D eigenvalue weighted by Gasteiger charge is 2.13. The SMILES string of the molecule is Cc1cc(-c2[nH]nc3nc(C)c(N)cc23)no1. The van der Waals surface area contributed by atoms with E-state index in [9.17, 15) is 0 Å².